The summed E-state index contributed by atoms with van der Waals surface area (Å²) in [6.07, 6.45) is 1.42. The molecular formula is C18H12FN5OS. The molecule has 6 nitrogen and oxygen atoms in total. The van der Waals surface area contributed by atoms with Gasteiger partial charge in [0.25, 0.3) is 5.91 Å². The molecule has 0 bridgehead atoms. The van der Waals surface area contributed by atoms with Gasteiger partial charge in [0.1, 0.15) is 23.2 Å². The summed E-state index contributed by atoms with van der Waals surface area (Å²) in [6, 6.07) is 13.0. The molecule has 0 fully saturated rings. The summed E-state index contributed by atoms with van der Waals surface area (Å²) in [5.74, 6) is -0.524. The van der Waals surface area contributed by atoms with Crippen LogP contribution >= 0.6 is 11.7 Å². The van der Waals surface area contributed by atoms with Gasteiger partial charge in [-0.05, 0) is 48.5 Å². The van der Waals surface area contributed by atoms with Crippen LogP contribution in [0.4, 0.5) is 4.39 Å². The van der Waals surface area contributed by atoms with E-state index >= 15 is 0 Å². The van der Waals surface area contributed by atoms with Crippen molar-refractivity contribution in [1.82, 2.24) is 24.0 Å². The molecule has 1 amide bonds. The van der Waals surface area contributed by atoms with Crippen molar-refractivity contribution < 1.29 is 9.18 Å². The Morgan fingerprint density at radius 2 is 1.81 bits per heavy atom. The van der Waals surface area contributed by atoms with Crippen molar-refractivity contribution in [3.63, 3.8) is 0 Å². The SMILES string of the molecule is O=C(NCc1cc(-c2ccc(F)cc2)ncn1)c1ccc2nsnc2c1. The third kappa shape index (κ3) is 3.40. The summed E-state index contributed by atoms with van der Waals surface area (Å²) >= 11 is 1.11. The van der Waals surface area contributed by atoms with E-state index in [0.29, 0.717) is 22.5 Å². The van der Waals surface area contributed by atoms with Gasteiger partial charge < -0.3 is 5.32 Å². The number of carbonyl (C=O) groups is 1. The molecule has 0 aliphatic rings. The standard InChI is InChI=1S/C18H12FN5OS/c19-13-4-1-11(2-5-13)16-8-14(21-10-22-16)9-20-18(25)12-3-6-15-17(7-12)24-26-23-15/h1-8,10H,9H2,(H,20,25). The van der Waals surface area contributed by atoms with Gasteiger partial charge in [-0.1, -0.05) is 0 Å². The lowest BCUT2D eigenvalue weighted by Gasteiger charge is -2.06. The van der Waals surface area contributed by atoms with Crippen LogP contribution in [0.1, 0.15) is 16.1 Å². The molecule has 1 N–H and O–H groups in total. The van der Waals surface area contributed by atoms with E-state index in [9.17, 15) is 9.18 Å². The fourth-order valence-electron chi connectivity index (χ4n) is 2.47. The Kier molecular flexibility index (Phi) is 4.32. The highest BCUT2D eigenvalue weighted by Gasteiger charge is 2.09. The molecule has 2 heterocycles. The van der Waals surface area contributed by atoms with Gasteiger partial charge in [0.15, 0.2) is 0 Å². The average Bonchev–Trinajstić information content (AvgIpc) is 3.15. The number of amides is 1. The van der Waals surface area contributed by atoms with Gasteiger partial charge in [0.2, 0.25) is 0 Å². The molecule has 0 unspecified atom stereocenters. The molecule has 0 aliphatic heterocycles. The van der Waals surface area contributed by atoms with Crippen LogP contribution in [0.25, 0.3) is 22.3 Å². The van der Waals surface area contributed by atoms with Crippen molar-refractivity contribution in [2.75, 3.05) is 0 Å². The zero-order chi connectivity index (χ0) is 17.9. The van der Waals surface area contributed by atoms with Crippen molar-refractivity contribution in [2.24, 2.45) is 0 Å². The largest absolute Gasteiger partial charge is 0.346 e. The van der Waals surface area contributed by atoms with Crippen LogP contribution in [0.2, 0.25) is 0 Å². The first-order valence-corrected chi connectivity index (χ1v) is 8.49. The predicted molar refractivity (Wildman–Crippen MR) is 96.0 cm³/mol. The van der Waals surface area contributed by atoms with Gasteiger partial charge in [0.05, 0.1) is 29.7 Å². The molecular weight excluding hydrogens is 353 g/mol. The smallest absolute Gasteiger partial charge is 0.251 e. The maximum Gasteiger partial charge on any atom is 0.251 e. The van der Waals surface area contributed by atoms with Crippen LogP contribution < -0.4 is 5.32 Å². The van der Waals surface area contributed by atoms with Crippen LogP contribution in [0.3, 0.4) is 0 Å². The Morgan fingerprint density at radius 3 is 2.65 bits per heavy atom. The summed E-state index contributed by atoms with van der Waals surface area (Å²) in [5, 5.41) is 2.83. The highest BCUT2D eigenvalue weighted by Crippen LogP contribution is 2.17. The van der Waals surface area contributed by atoms with E-state index in [-0.39, 0.29) is 18.3 Å². The third-order valence-corrected chi connectivity index (χ3v) is 4.37. The maximum absolute atomic E-state index is 13.0. The molecule has 2 aromatic carbocycles. The molecule has 4 aromatic rings. The van der Waals surface area contributed by atoms with Crippen molar-refractivity contribution in [3.8, 4) is 11.3 Å². The van der Waals surface area contributed by atoms with Gasteiger partial charge in [-0.2, -0.15) is 8.75 Å². The van der Waals surface area contributed by atoms with Crippen LogP contribution in [0, 0.1) is 5.82 Å². The molecule has 26 heavy (non-hydrogen) atoms. The number of benzene rings is 2. The molecule has 0 aliphatic carbocycles. The normalized spacial score (nSPS) is 10.8. The minimum Gasteiger partial charge on any atom is -0.346 e. The van der Waals surface area contributed by atoms with Crippen LogP contribution in [-0.4, -0.2) is 24.6 Å². The number of rotatable bonds is 4. The minimum atomic E-state index is -0.303. The lowest BCUT2D eigenvalue weighted by Crippen LogP contribution is -2.23. The molecule has 2 aromatic heterocycles. The van der Waals surface area contributed by atoms with Crippen LogP contribution in [0.15, 0.2) is 54.9 Å². The molecule has 0 atom stereocenters. The van der Waals surface area contributed by atoms with E-state index in [4.69, 9.17) is 0 Å². The molecule has 0 saturated carbocycles. The Morgan fingerprint density at radius 1 is 1.00 bits per heavy atom. The maximum atomic E-state index is 13.0. The Bertz CT molecular complexity index is 1080. The number of carbonyl (C=O) groups excluding carboxylic acids is 1. The van der Waals surface area contributed by atoms with Gasteiger partial charge in [-0.25, -0.2) is 14.4 Å². The van der Waals surface area contributed by atoms with Crippen LogP contribution in [0.5, 0.6) is 0 Å². The lowest BCUT2D eigenvalue weighted by molar-refractivity contribution is 0.0950. The molecule has 128 valence electrons. The zero-order valence-electron chi connectivity index (χ0n) is 13.4. The van der Waals surface area contributed by atoms with Gasteiger partial charge >= 0.3 is 0 Å². The topological polar surface area (TPSA) is 80.7 Å². The molecule has 0 saturated heterocycles. The first-order chi connectivity index (χ1) is 12.7. The van der Waals surface area contributed by atoms with E-state index in [0.717, 1.165) is 22.8 Å². The highest BCUT2D eigenvalue weighted by molar-refractivity contribution is 7.00. The Hall–Kier alpha value is -3.26. The third-order valence-electron chi connectivity index (χ3n) is 3.81. The van der Waals surface area contributed by atoms with E-state index in [1.165, 1.54) is 18.5 Å². The summed E-state index contributed by atoms with van der Waals surface area (Å²) in [5.41, 5.74) is 4.08. The fraction of sp³-hybridized carbons (Fsp3) is 0.0556. The van der Waals surface area contributed by atoms with E-state index in [2.05, 4.69) is 24.0 Å². The Labute approximate surface area is 152 Å². The van der Waals surface area contributed by atoms with E-state index in [1.54, 1.807) is 36.4 Å². The molecule has 0 radical (unpaired) electrons. The monoisotopic (exact) mass is 365 g/mol. The van der Waals surface area contributed by atoms with E-state index < -0.39 is 0 Å². The zero-order valence-corrected chi connectivity index (χ0v) is 14.2. The van der Waals surface area contributed by atoms with Gasteiger partial charge in [0, 0.05) is 11.1 Å². The lowest BCUT2D eigenvalue weighted by atomic mass is 10.1. The molecule has 4 rings (SSSR count). The van der Waals surface area contributed by atoms with Crippen molar-refractivity contribution in [2.45, 2.75) is 6.54 Å². The van der Waals surface area contributed by atoms with Gasteiger partial charge in [-0.3, -0.25) is 4.79 Å². The second-order valence-electron chi connectivity index (χ2n) is 5.55. The second-order valence-corrected chi connectivity index (χ2v) is 6.08. The first-order valence-electron chi connectivity index (χ1n) is 7.76. The first kappa shape index (κ1) is 16.2. The number of nitrogens with zero attached hydrogens (tertiary/aromatic N) is 4. The summed E-state index contributed by atoms with van der Waals surface area (Å²) in [4.78, 5) is 20.7. The molecule has 0 spiro atoms. The van der Waals surface area contributed by atoms with Crippen molar-refractivity contribution in [1.29, 1.82) is 0 Å². The van der Waals surface area contributed by atoms with E-state index in [1.807, 2.05) is 0 Å². The number of fused-ring (bicyclic) bond motifs is 1. The number of aromatic nitrogens is 4. The molecule has 8 heteroatoms. The Balaban J connectivity index is 1.48. The quantitative estimate of drug-likeness (QED) is 0.601. The predicted octanol–water partition coefficient (Wildman–Crippen LogP) is 3.22. The number of nitrogens with one attached hydrogen (secondary N) is 1. The number of halogens is 1. The summed E-state index contributed by atoms with van der Waals surface area (Å²) < 4.78 is 21.3. The second kappa shape index (κ2) is 6.93. The number of hydrogen-bond donors (Lipinski definition) is 1. The summed E-state index contributed by atoms with van der Waals surface area (Å²) in [7, 11) is 0. The van der Waals surface area contributed by atoms with Crippen molar-refractivity contribution >= 4 is 28.7 Å². The van der Waals surface area contributed by atoms with Gasteiger partial charge in [-0.15, -0.1) is 0 Å². The average molecular weight is 365 g/mol. The van der Waals surface area contributed by atoms with Crippen molar-refractivity contribution in [3.05, 3.63) is 71.9 Å². The number of hydrogen-bond acceptors (Lipinski definition) is 6. The summed E-state index contributed by atoms with van der Waals surface area (Å²) in [6.45, 7) is 0.253. The fourth-order valence-corrected chi connectivity index (χ4v) is 2.99. The highest BCUT2D eigenvalue weighted by atomic mass is 32.1. The van der Waals surface area contributed by atoms with Crippen LogP contribution in [-0.2, 0) is 6.54 Å². The minimum absolute atomic E-state index is 0.221.